The zero-order valence-electron chi connectivity index (χ0n) is 17.6. The molecule has 1 saturated carbocycles. The standard InChI is InChI=1S/C22H33N3O4/c1-28-16-11-23-21(26)20(17-5-3-4-6-17)24-12-14-25(15-13-24)22(27)18-7-9-19(29-2)10-8-18/h7-10,17,20H,3-6,11-16H2,1-2H3,(H,23,26). The fourth-order valence-electron chi connectivity index (χ4n) is 4.45. The highest BCUT2D eigenvalue weighted by Gasteiger charge is 2.37. The molecule has 0 bridgehead atoms. The molecule has 1 N–H and O–H groups in total. The van der Waals surface area contributed by atoms with E-state index in [9.17, 15) is 9.59 Å². The lowest BCUT2D eigenvalue weighted by atomic mass is 9.95. The summed E-state index contributed by atoms with van der Waals surface area (Å²) in [5.41, 5.74) is 0.670. The number of ether oxygens (including phenoxy) is 2. The van der Waals surface area contributed by atoms with Gasteiger partial charge in [-0.1, -0.05) is 12.8 Å². The number of nitrogens with zero attached hydrogens (tertiary/aromatic N) is 2. The van der Waals surface area contributed by atoms with Crippen molar-refractivity contribution >= 4 is 11.8 Å². The Balaban J connectivity index is 1.59. The number of methoxy groups -OCH3 is 2. The van der Waals surface area contributed by atoms with Gasteiger partial charge in [0, 0.05) is 45.4 Å². The fraction of sp³-hybridized carbons (Fsp3) is 0.636. The smallest absolute Gasteiger partial charge is 0.253 e. The molecule has 2 fully saturated rings. The molecule has 7 nitrogen and oxygen atoms in total. The van der Waals surface area contributed by atoms with Gasteiger partial charge in [0.15, 0.2) is 0 Å². The summed E-state index contributed by atoms with van der Waals surface area (Å²) in [6.07, 6.45) is 4.60. The van der Waals surface area contributed by atoms with Crippen LogP contribution in [0.5, 0.6) is 5.75 Å². The maximum absolute atomic E-state index is 12.9. The Bertz CT molecular complexity index is 665. The number of rotatable bonds is 8. The van der Waals surface area contributed by atoms with Crippen molar-refractivity contribution in [1.82, 2.24) is 15.1 Å². The van der Waals surface area contributed by atoms with Gasteiger partial charge in [-0.3, -0.25) is 14.5 Å². The number of amides is 2. The fourth-order valence-corrected chi connectivity index (χ4v) is 4.45. The van der Waals surface area contributed by atoms with Crippen LogP contribution >= 0.6 is 0 Å². The Morgan fingerprint density at radius 2 is 1.72 bits per heavy atom. The molecule has 29 heavy (non-hydrogen) atoms. The summed E-state index contributed by atoms with van der Waals surface area (Å²) in [5.74, 6) is 1.28. The van der Waals surface area contributed by atoms with Crippen molar-refractivity contribution in [3.8, 4) is 5.75 Å². The Morgan fingerprint density at radius 3 is 2.31 bits per heavy atom. The zero-order valence-corrected chi connectivity index (χ0v) is 17.6. The van der Waals surface area contributed by atoms with E-state index in [0.717, 1.165) is 31.7 Å². The van der Waals surface area contributed by atoms with Crippen LogP contribution in [-0.4, -0.2) is 81.2 Å². The van der Waals surface area contributed by atoms with Crippen LogP contribution in [0.25, 0.3) is 0 Å². The van der Waals surface area contributed by atoms with Crippen LogP contribution in [0, 0.1) is 5.92 Å². The second kappa shape index (κ2) is 10.6. The minimum atomic E-state index is -0.104. The van der Waals surface area contributed by atoms with Crippen molar-refractivity contribution in [1.29, 1.82) is 0 Å². The van der Waals surface area contributed by atoms with Gasteiger partial charge in [-0.2, -0.15) is 0 Å². The summed E-state index contributed by atoms with van der Waals surface area (Å²) in [4.78, 5) is 29.9. The topological polar surface area (TPSA) is 71.1 Å². The molecule has 0 aromatic heterocycles. The van der Waals surface area contributed by atoms with Gasteiger partial charge in [0.05, 0.1) is 19.8 Å². The molecule has 1 atom stereocenters. The lowest BCUT2D eigenvalue weighted by molar-refractivity contribution is -0.129. The first-order valence-corrected chi connectivity index (χ1v) is 10.6. The third kappa shape index (κ3) is 5.48. The van der Waals surface area contributed by atoms with E-state index in [1.165, 1.54) is 12.8 Å². The Kier molecular flexibility index (Phi) is 7.89. The molecule has 0 radical (unpaired) electrons. The van der Waals surface area contributed by atoms with Crippen molar-refractivity contribution in [3.05, 3.63) is 29.8 Å². The van der Waals surface area contributed by atoms with Gasteiger partial charge in [0.25, 0.3) is 5.91 Å². The van der Waals surface area contributed by atoms with Crippen LogP contribution in [0.1, 0.15) is 36.0 Å². The van der Waals surface area contributed by atoms with Gasteiger partial charge >= 0.3 is 0 Å². The lowest BCUT2D eigenvalue weighted by Crippen LogP contribution is -2.58. The van der Waals surface area contributed by atoms with E-state index in [1.54, 1.807) is 26.4 Å². The van der Waals surface area contributed by atoms with Crippen molar-refractivity contribution in [2.45, 2.75) is 31.7 Å². The van der Waals surface area contributed by atoms with E-state index in [1.807, 2.05) is 17.0 Å². The van der Waals surface area contributed by atoms with Crippen LogP contribution in [0.4, 0.5) is 0 Å². The molecule has 1 aliphatic heterocycles. The largest absolute Gasteiger partial charge is 0.497 e. The summed E-state index contributed by atoms with van der Waals surface area (Å²) in [7, 11) is 3.25. The van der Waals surface area contributed by atoms with Crippen LogP contribution in [0.15, 0.2) is 24.3 Å². The summed E-state index contributed by atoms with van der Waals surface area (Å²) in [5, 5.41) is 3.03. The monoisotopic (exact) mass is 403 g/mol. The first-order chi connectivity index (χ1) is 14.1. The van der Waals surface area contributed by atoms with E-state index in [-0.39, 0.29) is 17.9 Å². The summed E-state index contributed by atoms with van der Waals surface area (Å²) in [6.45, 7) is 3.78. The maximum Gasteiger partial charge on any atom is 0.253 e. The van der Waals surface area contributed by atoms with Crippen molar-refractivity contribution in [3.63, 3.8) is 0 Å². The molecule has 2 aliphatic rings. The van der Waals surface area contributed by atoms with E-state index < -0.39 is 0 Å². The van der Waals surface area contributed by atoms with Gasteiger partial charge in [0.2, 0.25) is 5.91 Å². The van der Waals surface area contributed by atoms with Gasteiger partial charge in [0.1, 0.15) is 5.75 Å². The van der Waals surface area contributed by atoms with E-state index in [4.69, 9.17) is 9.47 Å². The van der Waals surface area contributed by atoms with Crippen LogP contribution in [0.3, 0.4) is 0 Å². The van der Waals surface area contributed by atoms with E-state index in [0.29, 0.717) is 37.7 Å². The Labute approximate surface area is 173 Å². The molecule has 1 unspecified atom stereocenters. The van der Waals surface area contributed by atoms with E-state index >= 15 is 0 Å². The minimum Gasteiger partial charge on any atom is -0.497 e. The molecule has 1 aliphatic carbocycles. The number of hydrogen-bond acceptors (Lipinski definition) is 5. The van der Waals surface area contributed by atoms with E-state index in [2.05, 4.69) is 10.2 Å². The average molecular weight is 404 g/mol. The third-order valence-electron chi connectivity index (χ3n) is 6.05. The molecule has 1 heterocycles. The first-order valence-electron chi connectivity index (χ1n) is 10.6. The Hall–Kier alpha value is -2.12. The minimum absolute atomic E-state index is 0.0364. The maximum atomic E-state index is 12.9. The molecule has 1 aromatic rings. The average Bonchev–Trinajstić information content (AvgIpc) is 3.28. The number of benzene rings is 1. The first kappa shape index (κ1) is 21.6. The number of carbonyl (C=O) groups is 2. The third-order valence-corrected chi connectivity index (χ3v) is 6.05. The zero-order chi connectivity index (χ0) is 20.6. The molecule has 160 valence electrons. The van der Waals surface area contributed by atoms with Gasteiger partial charge in [-0.25, -0.2) is 0 Å². The second-order valence-corrected chi connectivity index (χ2v) is 7.83. The van der Waals surface area contributed by atoms with Crippen LogP contribution < -0.4 is 10.1 Å². The van der Waals surface area contributed by atoms with Crippen LogP contribution in [0.2, 0.25) is 0 Å². The molecule has 1 saturated heterocycles. The lowest BCUT2D eigenvalue weighted by Gasteiger charge is -2.40. The molecular weight excluding hydrogens is 370 g/mol. The van der Waals surface area contributed by atoms with Gasteiger partial charge in [-0.05, 0) is 43.0 Å². The van der Waals surface area contributed by atoms with Gasteiger partial charge < -0.3 is 19.7 Å². The normalized spacial score (nSPS) is 19.2. The van der Waals surface area contributed by atoms with Crippen molar-refractivity contribution in [2.24, 2.45) is 5.92 Å². The van der Waals surface area contributed by atoms with Crippen LogP contribution in [-0.2, 0) is 9.53 Å². The summed E-state index contributed by atoms with van der Waals surface area (Å²) in [6, 6.07) is 7.12. The molecule has 3 rings (SSSR count). The van der Waals surface area contributed by atoms with Crippen molar-refractivity contribution in [2.75, 3.05) is 53.6 Å². The quantitative estimate of drug-likeness (QED) is 0.670. The predicted octanol–water partition coefficient (Wildman–Crippen LogP) is 1.77. The number of carbonyl (C=O) groups excluding carboxylic acids is 2. The second-order valence-electron chi connectivity index (χ2n) is 7.83. The SMILES string of the molecule is COCCNC(=O)C(C1CCCC1)N1CCN(C(=O)c2ccc(OC)cc2)CC1. The highest BCUT2D eigenvalue weighted by Crippen LogP contribution is 2.31. The number of hydrogen-bond donors (Lipinski definition) is 1. The molecule has 2 amide bonds. The number of nitrogens with one attached hydrogen (secondary N) is 1. The Morgan fingerprint density at radius 1 is 1.07 bits per heavy atom. The number of piperazine rings is 1. The highest BCUT2D eigenvalue weighted by atomic mass is 16.5. The van der Waals surface area contributed by atoms with Crippen molar-refractivity contribution < 1.29 is 19.1 Å². The van der Waals surface area contributed by atoms with Gasteiger partial charge in [-0.15, -0.1) is 0 Å². The highest BCUT2D eigenvalue weighted by molar-refractivity contribution is 5.94. The summed E-state index contributed by atoms with van der Waals surface area (Å²) >= 11 is 0. The predicted molar refractivity (Wildman–Crippen MR) is 111 cm³/mol. The molecule has 0 spiro atoms. The molecule has 7 heteroatoms. The molecule has 1 aromatic carbocycles. The molecular formula is C22H33N3O4. The summed E-state index contributed by atoms with van der Waals surface area (Å²) < 4.78 is 10.2.